The Labute approximate surface area is 194 Å². The Morgan fingerprint density at radius 3 is 2.64 bits per heavy atom. The van der Waals surface area contributed by atoms with Crippen molar-refractivity contribution in [2.75, 3.05) is 12.9 Å². The van der Waals surface area contributed by atoms with Gasteiger partial charge in [0.25, 0.3) is 5.56 Å². The molecule has 1 amide bonds. The second-order valence-corrected chi connectivity index (χ2v) is 8.33. The minimum absolute atomic E-state index is 0.0558. The Balaban J connectivity index is 1.62. The fourth-order valence-electron chi connectivity index (χ4n) is 3.43. The molecule has 0 aliphatic carbocycles. The van der Waals surface area contributed by atoms with E-state index in [1.165, 1.54) is 28.5 Å². The summed E-state index contributed by atoms with van der Waals surface area (Å²) in [5.41, 5.74) is 1.73. The number of thioether (sulfide) groups is 1. The predicted octanol–water partition coefficient (Wildman–Crippen LogP) is 4.50. The lowest BCUT2D eigenvalue weighted by molar-refractivity contribution is -0.119. The van der Waals surface area contributed by atoms with Crippen LogP contribution >= 0.6 is 11.8 Å². The molecule has 1 unspecified atom stereocenters. The molecule has 0 bridgehead atoms. The zero-order valence-electron chi connectivity index (χ0n) is 18.1. The van der Waals surface area contributed by atoms with Crippen molar-refractivity contribution >= 4 is 28.6 Å². The molecule has 6 nitrogen and oxygen atoms in total. The number of fused-ring (bicyclic) bond motifs is 1. The lowest BCUT2D eigenvalue weighted by Gasteiger charge is -2.16. The highest BCUT2D eigenvalue weighted by Crippen LogP contribution is 2.24. The van der Waals surface area contributed by atoms with Crippen molar-refractivity contribution in [3.05, 3.63) is 94.5 Å². The van der Waals surface area contributed by atoms with E-state index in [1.807, 2.05) is 13.0 Å². The van der Waals surface area contributed by atoms with Gasteiger partial charge in [0.2, 0.25) is 5.91 Å². The van der Waals surface area contributed by atoms with Crippen LogP contribution in [0.2, 0.25) is 0 Å². The molecule has 0 saturated carbocycles. The van der Waals surface area contributed by atoms with Gasteiger partial charge in [-0.25, -0.2) is 9.37 Å². The quantitative estimate of drug-likeness (QED) is 0.323. The molecule has 0 aliphatic rings. The summed E-state index contributed by atoms with van der Waals surface area (Å²) < 4.78 is 20.0. The van der Waals surface area contributed by atoms with Crippen molar-refractivity contribution in [1.82, 2.24) is 14.9 Å². The van der Waals surface area contributed by atoms with Crippen LogP contribution in [0.3, 0.4) is 0 Å². The number of carbonyl (C=O) groups excluding carboxylic acids is 1. The number of carbonyl (C=O) groups is 1. The highest BCUT2D eigenvalue weighted by molar-refractivity contribution is 7.99. The summed E-state index contributed by atoms with van der Waals surface area (Å²) in [6, 6.07) is 19.9. The topological polar surface area (TPSA) is 73.2 Å². The summed E-state index contributed by atoms with van der Waals surface area (Å²) in [5, 5.41) is 3.78. The Kier molecular flexibility index (Phi) is 6.74. The average Bonchev–Trinajstić information content (AvgIpc) is 2.83. The number of methoxy groups -OCH3 is 1. The second kappa shape index (κ2) is 9.87. The zero-order valence-corrected chi connectivity index (χ0v) is 18.9. The van der Waals surface area contributed by atoms with Crippen molar-refractivity contribution in [2.24, 2.45) is 0 Å². The molecule has 4 aromatic rings. The first-order valence-electron chi connectivity index (χ1n) is 10.3. The van der Waals surface area contributed by atoms with E-state index >= 15 is 0 Å². The minimum atomic E-state index is -0.328. The maximum Gasteiger partial charge on any atom is 0.266 e. The van der Waals surface area contributed by atoms with Gasteiger partial charge in [0.15, 0.2) is 5.16 Å². The molecule has 1 atom stereocenters. The third-order valence-corrected chi connectivity index (χ3v) is 6.07. The molecule has 0 radical (unpaired) electrons. The van der Waals surface area contributed by atoms with Crippen LogP contribution in [0.15, 0.2) is 82.7 Å². The van der Waals surface area contributed by atoms with Crippen molar-refractivity contribution in [2.45, 2.75) is 18.1 Å². The van der Waals surface area contributed by atoms with Crippen LogP contribution in [-0.4, -0.2) is 28.3 Å². The first-order valence-corrected chi connectivity index (χ1v) is 11.3. The van der Waals surface area contributed by atoms with Crippen LogP contribution in [0.25, 0.3) is 16.6 Å². The number of benzene rings is 3. The molecule has 3 aromatic carbocycles. The fraction of sp³-hybridized carbons (Fsp3) is 0.160. The van der Waals surface area contributed by atoms with Crippen LogP contribution in [0.1, 0.15) is 18.5 Å². The molecule has 0 fully saturated rings. The molecule has 168 valence electrons. The lowest BCUT2D eigenvalue weighted by Crippen LogP contribution is -2.29. The monoisotopic (exact) mass is 463 g/mol. The molecule has 0 spiro atoms. The highest BCUT2D eigenvalue weighted by Gasteiger charge is 2.16. The third kappa shape index (κ3) is 5.06. The molecule has 0 aliphatic heterocycles. The van der Waals surface area contributed by atoms with Crippen LogP contribution < -0.4 is 15.6 Å². The largest absolute Gasteiger partial charge is 0.497 e. The smallest absolute Gasteiger partial charge is 0.266 e. The lowest BCUT2D eigenvalue weighted by atomic mass is 10.1. The van der Waals surface area contributed by atoms with Gasteiger partial charge in [-0.2, -0.15) is 0 Å². The average molecular weight is 464 g/mol. The summed E-state index contributed by atoms with van der Waals surface area (Å²) in [7, 11) is 1.56. The molecule has 1 aromatic heterocycles. The van der Waals surface area contributed by atoms with Crippen molar-refractivity contribution in [1.29, 1.82) is 0 Å². The van der Waals surface area contributed by atoms with Crippen LogP contribution in [0.4, 0.5) is 4.39 Å². The van der Waals surface area contributed by atoms with Gasteiger partial charge in [0.1, 0.15) is 11.6 Å². The Morgan fingerprint density at radius 1 is 1.12 bits per heavy atom. The van der Waals surface area contributed by atoms with Gasteiger partial charge < -0.3 is 10.1 Å². The summed E-state index contributed by atoms with van der Waals surface area (Å²) >= 11 is 1.17. The van der Waals surface area contributed by atoms with Crippen molar-refractivity contribution < 1.29 is 13.9 Å². The number of hydrogen-bond donors (Lipinski definition) is 1. The first-order chi connectivity index (χ1) is 16.0. The van der Waals surface area contributed by atoms with Gasteiger partial charge in [0, 0.05) is 6.07 Å². The van der Waals surface area contributed by atoms with E-state index in [0.717, 1.165) is 5.56 Å². The van der Waals surface area contributed by atoms with Gasteiger partial charge in [-0.15, -0.1) is 0 Å². The number of nitrogens with zero attached hydrogens (tertiary/aromatic N) is 2. The molecule has 1 heterocycles. The number of para-hydroxylation sites is 1. The number of hydrogen-bond acceptors (Lipinski definition) is 5. The number of amides is 1. The Hall–Kier alpha value is -3.65. The molecule has 0 saturated heterocycles. The molecule has 1 N–H and O–H groups in total. The van der Waals surface area contributed by atoms with Gasteiger partial charge in [-0.1, -0.05) is 42.1 Å². The molecular formula is C25H22FN3O3S. The van der Waals surface area contributed by atoms with Gasteiger partial charge in [-0.05, 0) is 48.9 Å². The molecule has 33 heavy (non-hydrogen) atoms. The van der Waals surface area contributed by atoms with Crippen LogP contribution in [0.5, 0.6) is 5.75 Å². The Bertz CT molecular complexity index is 1360. The minimum Gasteiger partial charge on any atom is -0.497 e. The van der Waals surface area contributed by atoms with Gasteiger partial charge in [-0.3, -0.25) is 14.2 Å². The van der Waals surface area contributed by atoms with E-state index in [9.17, 15) is 14.0 Å². The molecule has 8 heteroatoms. The maximum absolute atomic E-state index is 13.3. The van der Waals surface area contributed by atoms with E-state index in [4.69, 9.17) is 4.74 Å². The second-order valence-electron chi connectivity index (χ2n) is 7.38. The standard InChI is InChI=1S/C25H22FN3O3S/c1-16(17-10-12-18(26)13-11-17)27-23(30)15-33-25-28-22-9-4-3-8-21(22)24(31)29(25)19-6-5-7-20(14-19)32-2/h3-14,16H,15H2,1-2H3,(H,27,30). The zero-order chi connectivity index (χ0) is 23.4. The third-order valence-electron chi connectivity index (χ3n) is 5.14. The predicted molar refractivity (Wildman–Crippen MR) is 128 cm³/mol. The number of nitrogens with one attached hydrogen (secondary N) is 1. The van der Waals surface area contributed by atoms with E-state index in [2.05, 4.69) is 10.3 Å². The van der Waals surface area contributed by atoms with E-state index in [1.54, 1.807) is 61.7 Å². The van der Waals surface area contributed by atoms with Crippen LogP contribution in [0, 0.1) is 5.82 Å². The van der Waals surface area contributed by atoms with E-state index < -0.39 is 0 Å². The van der Waals surface area contributed by atoms with E-state index in [-0.39, 0.29) is 29.1 Å². The Morgan fingerprint density at radius 2 is 1.88 bits per heavy atom. The fourth-order valence-corrected chi connectivity index (χ4v) is 4.26. The SMILES string of the molecule is COc1cccc(-n2c(SCC(=O)NC(C)c3ccc(F)cc3)nc3ccccc3c2=O)c1. The van der Waals surface area contributed by atoms with Crippen LogP contribution in [-0.2, 0) is 4.79 Å². The number of ether oxygens (including phenoxy) is 1. The number of rotatable bonds is 7. The van der Waals surface area contributed by atoms with Gasteiger partial charge >= 0.3 is 0 Å². The normalized spacial score (nSPS) is 11.8. The van der Waals surface area contributed by atoms with Crippen molar-refractivity contribution in [3.63, 3.8) is 0 Å². The summed E-state index contributed by atoms with van der Waals surface area (Å²) in [4.78, 5) is 30.6. The number of aromatic nitrogens is 2. The summed E-state index contributed by atoms with van der Waals surface area (Å²) in [6.07, 6.45) is 0. The molecular weight excluding hydrogens is 441 g/mol. The summed E-state index contributed by atoms with van der Waals surface area (Å²) in [5.74, 6) is 0.108. The van der Waals surface area contributed by atoms with E-state index in [0.29, 0.717) is 27.5 Å². The maximum atomic E-state index is 13.3. The molecule has 4 rings (SSSR count). The highest BCUT2D eigenvalue weighted by atomic mass is 32.2. The summed E-state index contributed by atoms with van der Waals surface area (Å²) in [6.45, 7) is 1.83. The first kappa shape index (κ1) is 22.5. The number of halogens is 1. The van der Waals surface area contributed by atoms with Crippen molar-refractivity contribution in [3.8, 4) is 11.4 Å². The van der Waals surface area contributed by atoms with Gasteiger partial charge in [0.05, 0.1) is 35.5 Å².